The zero-order valence-electron chi connectivity index (χ0n) is 13.7. The number of carbonyl (C=O) groups is 2. The number of hydrogen-bond donors (Lipinski definition) is 3. The molecule has 0 saturated carbocycles. The van der Waals surface area contributed by atoms with Gasteiger partial charge >= 0.3 is 11.9 Å². The molecule has 0 amide bonds. The molecule has 0 bridgehead atoms. The van der Waals surface area contributed by atoms with Crippen molar-refractivity contribution in [3.8, 4) is 5.75 Å². The van der Waals surface area contributed by atoms with Gasteiger partial charge < -0.3 is 29.7 Å². The third kappa shape index (κ3) is 12.4. The Morgan fingerprint density at radius 1 is 1.08 bits per heavy atom. The van der Waals surface area contributed by atoms with E-state index in [0.717, 1.165) is 6.54 Å². The summed E-state index contributed by atoms with van der Waals surface area (Å²) in [6.07, 6.45) is 0. The van der Waals surface area contributed by atoms with Gasteiger partial charge in [0, 0.05) is 24.2 Å². The van der Waals surface area contributed by atoms with E-state index in [4.69, 9.17) is 57.6 Å². The summed E-state index contributed by atoms with van der Waals surface area (Å²) in [5, 5.41) is 24.6. The Hall–Kier alpha value is -1.58. The first kappa shape index (κ1) is 23.4. The highest BCUT2D eigenvalue weighted by molar-refractivity contribution is 6.34. The third-order valence-corrected chi connectivity index (χ3v) is 3.21. The van der Waals surface area contributed by atoms with E-state index in [9.17, 15) is 0 Å². The van der Waals surface area contributed by atoms with Crippen LogP contribution in [0.25, 0.3) is 0 Å². The molecule has 0 radical (unpaired) electrons. The highest BCUT2D eigenvalue weighted by atomic mass is 35.5. The molecule has 0 aliphatic heterocycles. The average molecular weight is 398 g/mol. The second-order valence-electron chi connectivity index (χ2n) is 4.67. The SMILES string of the molecule is CN(CCO)CCOCCOc1cc(Cl)ccc1Cl.O=C(O)C(=O)O. The summed E-state index contributed by atoms with van der Waals surface area (Å²) < 4.78 is 10.9. The Labute approximate surface area is 155 Å². The lowest BCUT2D eigenvalue weighted by Gasteiger charge is -2.15. The van der Waals surface area contributed by atoms with Gasteiger partial charge in [0.2, 0.25) is 0 Å². The van der Waals surface area contributed by atoms with Gasteiger partial charge in [0.05, 0.1) is 24.8 Å². The summed E-state index contributed by atoms with van der Waals surface area (Å²) in [6, 6.07) is 5.09. The number of nitrogens with zero attached hydrogens (tertiary/aromatic N) is 1. The molecule has 0 aliphatic carbocycles. The molecule has 1 rings (SSSR count). The van der Waals surface area contributed by atoms with Crippen LogP contribution >= 0.6 is 23.2 Å². The van der Waals surface area contributed by atoms with E-state index in [0.29, 0.717) is 42.2 Å². The molecule has 10 heteroatoms. The molecule has 0 atom stereocenters. The summed E-state index contributed by atoms with van der Waals surface area (Å²) in [5.41, 5.74) is 0. The van der Waals surface area contributed by atoms with Gasteiger partial charge in [0.15, 0.2) is 0 Å². The Kier molecular flexibility index (Phi) is 12.8. The van der Waals surface area contributed by atoms with Gasteiger partial charge in [-0.05, 0) is 19.2 Å². The number of aliphatic hydroxyl groups excluding tert-OH is 1. The number of benzene rings is 1. The standard InChI is InChI=1S/C13H19Cl2NO3.C2H2O4/c1-16(4-6-17)5-7-18-8-9-19-13-10-11(14)2-3-12(13)15;3-1(4)2(5)6/h2-3,10,17H,4-9H2,1H3;(H,3,4)(H,5,6). The fourth-order valence-electron chi connectivity index (χ4n) is 1.40. The zero-order valence-corrected chi connectivity index (χ0v) is 15.2. The van der Waals surface area contributed by atoms with Crippen LogP contribution in [-0.4, -0.2) is 78.7 Å². The first-order valence-electron chi connectivity index (χ1n) is 7.19. The third-order valence-electron chi connectivity index (χ3n) is 2.66. The van der Waals surface area contributed by atoms with Gasteiger partial charge in [-0.15, -0.1) is 0 Å². The summed E-state index contributed by atoms with van der Waals surface area (Å²) >= 11 is 11.8. The predicted octanol–water partition coefficient (Wildman–Crippen LogP) is 1.47. The van der Waals surface area contributed by atoms with Gasteiger partial charge in [-0.2, -0.15) is 0 Å². The van der Waals surface area contributed by atoms with Crippen molar-refractivity contribution in [2.24, 2.45) is 0 Å². The molecule has 0 spiro atoms. The highest BCUT2D eigenvalue weighted by Gasteiger charge is 2.04. The summed E-state index contributed by atoms with van der Waals surface area (Å²) in [5.74, 6) is -3.08. The van der Waals surface area contributed by atoms with Crippen molar-refractivity contribution >= 4 is 35.1 Å². The van der Waals surface area contributed by atoms with Crippen LogP contribution in [-0.2, 0) is 14.3 Å². The van der Waals surface area contributed by atoms with Crippen LogP contribution in [0.3, 0.4) is 0 Å². The molecule has 0 aromatic heterocycles. The minimum absolute atomic E-state index is 0.160. The van der Waals surface area contributed by atoms with Crippen molar-refractivity contribution in [2.45, 2.75) is 0 Å². The van der Waals surface area contributed by atoms with Gasteiger partial charge in [-0.3, -0.25) is 0 Å². The molecule has 1 aromatic rings. The molecular weight excluding hydrogens is 377 g/mol. The van der Waals surface area contributed by atoms with Gasteiger partial charge in [-0.25, -0.2) is 9.59 Å². The molecule has 0 saturated heterocycles. The van der Waals surface area contributed by atoms with E-state index in [-0.39, 0.29) is 6.61 Å². The number of halogens is 2. The van der Waals surface area contributed by atoms with Crippen molar-refractivity contribution < 1.29 is 34.4 Å². The normalized spacial score (nSPS) is 10.1. The van der Waals surface area contributed by atoms with E-state index in [1.54, 1.807) is 18.2 Å². The minimum atomic E-state index is -1.82. The topological polar surface area (TPSA) is 117 Å². The first-order chi connectivity index (χ1) is 11.8. The number of carboxylic acid groups (broad SMARTS) is 2. The van der Waals surface area contributed by atoms with Crippen LogP contribution in [0.1, 0.15) is 0 Å². The van der Waals surface area contributed by atoms with E-state index in [2.05, 4.69) is 0 Å². The second kappa shape index (κ2) is 13.7. The number of carboxylic acids is 2. The average Bonchev–Trinajstić information content (AvgIpc) is 2.54. The molecule has 0 heterocycles. The van der Waals surface area contributed by atoms with Crippen molar-refractivity contribution in [3.63, 3.8) is 0 Å². The lowest BCUT2D eigenvalue weighted by Crippen LogP contribution is -2.26. The van der Waals surface area contributed by atoms with Crippen molar-refractivity contribution in [3.05, 3.63) is 28.2 Å². The lowest BCUT2D eigenvalue weighted by atomic mass is 10.3. The smallest absolute Gasteiger partial charge is 0.414 e. The number of hydrogen-bond acceptors (Lipinski definition) is 6. The van der Waals surface area contributed by atoms with Crippen molar-refractivity contribution in [1.82, 2.24) is 4.90 Å². The Morgan fingerprint density at radius 3 is 2.28 bits per heavy atom. The number of aliphatic hydroxyl groups is 1. The quantitative estimate of drug-likeness (QED) is 0.423. The van der Waals surface area contributed by atoms with Gasteiger partial charge in [0.25, 0.3) is 0 Å². The van der Waals surface area contributed by atoms with Gasteiger partial charge in [0.1, 0.15) is 12.4 Å². The molecule has 0 unspecified atom stereocenters. The number of ether oxygens (including phenoxy) is 2. The Bertz CT molecular complexity index is 531. The fraction of sp³-hybridized carbons (Fsp3) is 0.467. The monoisotopic (exact) mass is 397 g/mol. The van der Waals surface area contributed by atoms with Crippen LogP contribution in [0.2, 0.25) is 10.0 Å². The first-order valence-corrected chi connectivity index (χ1v) is 7.94. The molecule has 1 aromatic carbocycles. The largest absolute Gasteiger partial charge is 0.490 e. The van der Waals surface area contributed by atoms with Crippen molar-refractivity contribution in [1.29, 1.82) is 0 Å². The predicted molar refractivity (Wildman–Crippen MR) is 92.6 cm³/mol. The molecule has 142 valence electrons. The second-order valence-corrected chi connectivity index (χ2v) is 5.52. The van der Waals surface area contributed by atoms with E-state index >= 15 is 0 Å². The Balaban J connectivity index is 0.000000823. The van der Waals surface area contributed by atoms with Crippen LogP contribution in [0, 0.1) is 0 Å². The number of aliphatic carboxylic acids is 2. The molecule has 0 fully saturated rings. The summed E-state index contributed by atoms with van der Waals surface area (Å²) in [4.78, 5) is 20.2. The van der Waals surface area contributed by atoms with Crippen LogP contribution in [0.5, 0.6) is 5.75 Å². The van der Waals surface area contributed by atoms with E-state index in [1.165, 1.54) is 0 Å². The van der Waals surface area contributed by atoms with Crippen LogP contribution in [0.15, 0.2) is 18.2 Å². The molecule has 3 N–H and O–H groups in total. The highest BCUT2D eigenvalue weighted by Crippen LogP contribution is 2.27. The Morgan fingerprint density at radius 2 is 1.72 bits per heavy atom. The molecule has 8 nitrogen and oxygen atoms in total. The van der Waals surface area contributed by atoms with E-state index in [1.807, 2.05) is 11.9 Å². The van der Waals surface area contributed by atoms with Gasteiger partial charge in [-0.1, -0.05) is 23.2 Å². The van der Waals surface area contributed by atoms with Crippen LogP contribution in [0.4, 0.5) is 0 Å². The minimum Gasteiger partial charge on any atom is -0.490 e. The van der Waals surface area contributed by atoms with E-state index < -0.39 is 11.9 Å². The summed E-state index contributed by atoms with van der Waals surface area (Å²) in [7, 11) is 1.93. The van der Waals surface area contributed by atoms with Crippen LogP contribution < -0.4 is 4.74 Å². The fourth-order valence-corrected chi connectivity index (χ4v) is 1.74. The molecule has 0 aliphatic rings. The maximum absolute atomic E-state index is 9.10. The zero-order chi connectivity index (χ0) is 19.2. The number of rotatable bonds is 9. The molecule has 25 heavy (non-hydrogen) atoms. The lowest BCUT2D eigenvalue weighted by molar-refractivity contribution is -0.159. The number of likely N-dealkylation sites (N-methyl/N-ethyl adjacent to an activating group) is 1. The maximum Gasteiger partial charge on any atom is 0.414 e. The van der Waals surface area contributed by atoms with Crippen molar-refractivity contribution in [2.75, 3.05) is 46.6 Å². The summed E-state index contributed by atoms with van der Waals surface area (Å²) in [6.45, 7) is 3.09. The molecular formula is C15H21Cl2NO7. The maximum atomic E-state index is 9.10.